The van der Waals surface area contributed by atoms with Crippen molar-refractivity contribution in [2.45, 2.75) is 13.8 Å². The zero-order chi connectivity index (χ0) is 17.8. The number of hydrogen-bond donors (Lipinski definition) is 1. The van der Waals surface area contributed by atoms with E-state index in [0.717, 1.165) is 11.1 Å². The minimum Gasteiger partial charge on any atom is -0.482 e. The molecule has 0 aliphatic carbocycles. The summed E-state index contributed by atoms with van der Waals surface area (Å²) in [5.74, 6) is -0.0289. The van der Waals surface area contributed by atoms with Crippen molar-refractivity contribution < 1.29 is 14.3 Å². The zero-order valence-electron chi connectivity index (χ0n) is 14.2. The molecule has 1 aliphatic rings. The van der Waals surface area contributed by atoms with E-state index in [2.05, 4.69) is 10.5 Å². The highest BCUT2D eigenvalue weighted by Crippen LogP contribution is 2.31. The number of fused-ring (bicyclic) bond motifs is 1. The summed E-state index contributed by atoms with van der Waals surface area (Å²) in [5.41, 5.74) is 5.88. The van der Waals surface area contributed by atoms with Gasteiger partial charge in [-0.1, -0.05) is 42.0 Å². The molecule has 2 amide bonds. The summed E-state index contributed by atoms with van der Waals surface area (Å²) in [7, 11) is 0. The SMILES string of the molecule is C/C(=N\NC(=O)CN1C(=O)COc2ccccc21)c1ccc(C)cc1. The lowest BCUT2D eigenvalue weighted by atomic mass is 10.1. The number of hydrazone groups is 1. The highest BCUT2D eigenvalue weighted by molar-refractivity contribution is 6.03. The van der Waals surface area contributed by atoms with Gasteiger partial charge < -0.3 is 4.74 Å². The Morgan fingerprint density at radius 1 is 1.20 bits per heavy atom. The van der Waals surface area contributed by atoms with Crippen molar-refractivity contribution in [3.8, 4) is 5.75 Å². The van der Waals surface area contributed by atoms with Gasteiger partial charge in [-0.25, -0.2) is 5.43 Å². The van der Waals surface area contributed by atoms with Crippen molar-refractivity contribution in [1.29, 1.82) is 0 Å². The van der Waals surface area contributed by atoms with E-state index in [1.165, 1.54) is 4.90 Å². The lowest BCUT2D eigenvalue weighted by molar-refractivity contribution is -0.125. The van der Waals surface area contributed by atoms with Gasteiger partial charge in [0.1, 0.15) is 12.3 Å². The number of carbonyl (C=O) groups excluding carboxylic acids is 2. The summed E-state index contributed by atoms with van der Waals surface area (Å²) >= 11 is 0. The first-order chi connectivity index (χ1) is 12.0. The van der Waals surface area contributed by atoms with E-state index in [4.69, 9.17) is 4.74 Å². The zero-order valence-corrected chi connectivity index (χ0v) is 14.2. The van der Waals surface area contributed by atoms with Gasteiger partial charge in [0, 0.05) is 0 Å². The molecule has 2 aromatic rings. The second-order valence-corrected chi connectivity index (χ2v) is 5.83. The largest absolute Gasteiger partial charge is 0.482 e. The molecule has 0 aromatic heterocycles. The number of amides is 2. The van der Waals surface area contributed by atoms with Crippen LogP contribution in [0.5, 0.6) is 5.75 Å². The van der Waals surface area contributed by atoms with Gasteiger partial charge in [-0.2, -0.15) is 5.10 Å². The Kier molecular flexibility index (Phi) is 4.79. The summed E-state index contributed by atoms with van der Waals surface area (Å²) in [6.45, 7) is 3.65. The van der Waals surface area contributed by atoms with Crippen LogP contribution in [-0.2, 0) is 9.59 Å². The van der Waals surface area contributed by atoms with Crippen LogP contribution in [0.4, 0.5) is 5.69 Å². The number of hydrogen-bond acceptors (Lipinski definition) is 4. The highest BCUT2D eigenvalue weighted by Gasteiger charge is 2.26. The molecule has 0 bridgehead atoms. The van der Waals surface area contributed by atoms with Gasteiger partial charge in [-0.3, -0.25) is 14.5 Å². The third kappa shape index (κ3) is 3.85. The summed E-state index contributed by atoms with van der Waals surface area (Å²) in [5, 5.41) is 4.12. The molecule has 0 spiro atoms. The molecule has 1 N–H and O–H groups in total. The predicted molar refractivity (Wildman–Crippen MR) is 95.8 cm³/mol. The van der Waals surface area contributed by atoms with E-state index < -0.39 is 0 Å². The first kappa shape index (κ1) is 16.7. The summed E-state index contributed by atoms with van der Waals surface area (Å²) in [4.78, 5) is 25.7. The van der Waals surface area contributed by atoms with Crippen LogP contribution in [0.15, 0.2) is 53.6 Å². The molecule has 1 heterocycles. The standard InChI is InChI=1S/C19H19N3O3/c1-13-7-9-15(10-8-13)14(2)20-21-18(23)11-22-16-5-3-4-6-17(16)25-12-19(22)24/h3-10H,11-12H2,1-2H3,(H,21,23)/b20-14+. The molecular weight excluding hydrogens is 318 g/mol. The maximum absolute atomic E-state index is 12.2. The Labute approximate surface area is 146 Å². The van der Waals surface area contributed by atoms with Crippen LogP contribution in [0.1, 0.15) is 18.1 Å². The number of aryl methyl sites for hydroxylation is 1. The Morgan fingerprint density at radius 3 is 2.68 bits per heavy atom. The molecule has 6 heteroatoms. The van der Waals surface area contributed by atoms with E-state index in [-0.39, 0.29) is 25.0 Å². The molecule has 0 unspecified atom stereocenters. The van der Waals surface area contributed by atoms with Crippen molar-refractivity contribution in [2.24, 2.45) is 5.10 Å². The van der Waals surface area contributed by atoms with Crippen LogP contribution in [0.2, 0.25) is 0 Å². The van der Waals surface area contributed by atoms with E-state index in [1.807, 2.05) is 44.2 Å². The van der Waals surface area contributed by atoms with Gasteiger partial charge in [-0.05, 0) is 31.5 Å². The fourth-order valence-electron chi connectivity index (χ4n) is 2.51. The average molecular weight is 337 g/mol. The Morgan fingerprint density at radius 2 is 1.92 bits per heavy atom. The smallest absolute Gasteiger partial charge is 0.265 e. The van der Waals surface area contributed by atoms with Gasteiger partial charge in [0.25, 0.3) is 11.8 Å². The lowest BCUT2D eigenvalue weighted by Crippen LogP contribution is -2.44. The summed E-state index contributed by atoms with van der Waals surface area (Å²) in [6, 6.07) is 15.0. The fourth-order valence-corrected chi connectivity index (χ4v) is 2.51. The second kappa shape index (κ2) is 7.17. The summed E-state index contributed by atoms with van der Waals surface area (Å²) < 4.78 is 5.36. The van der Waals surface area contributed by atoms with Crippen LogP contribution < -0.4 is 15.1 Å². The van der Waals surface area contributed by atoms with E-state index >= 15 is 0 Å². The average Bonchev–Trinajstić information content (AvgIpc) is 2.63. The number of rotatable bonds is 4. The Bertz CT molecular complexity index is 828. The van der Waals surface area contributed by atoms with Crippen molar-refractivity contribution in [3.63, 3.8) is 0 Å². The number of nitrogens with one attached hydrogen (secondary N) is 1. The van der Waals surface area contributed by atoms with Crippen LogP contribution in [0, 0.1) is 6.92 Å². The number of benzene rings is 2. The van der Waals surface area contributed by atoms with E-state index in [1.54, 1.807) is 18.2 Å². The minimum atomic E-state index is -0.364. The number of ether oxygens (including phenoxy) is 1. The molecule has 0 saturated heterocycles. The molecule has 2 aromatic carbocycles. The first-order valence-electron chi connectivity index (χ1n) is 7.97. The third-order valence-electron chi connectivity index (χ3n) is 3.93. The van der Waals surface area contributed by atoms with Crippen molar-refractivity contribution >= 4 is 23.2 Å². The monoisotopic (exact) mass is 337 g/mol. The molecule has 0 radical (unpaired) electrons. The first-order valence-corrected chi connectivity index (χ1v) is 7.97. The molecule has 6 nitrogen and oxygen atoms in total. The van der Waals surface area contributed by atoms with Crippen molar-refractivity contribution in [3.05, 3.63) is 59.7 Å². The van der Waals surface area contributed by atoms with Gasteiger partial charge >= 0.3 is 0 Å². The normalized spacial score (nSPS) is 13.9. The van der Waals surface area contributed by atoms with Crippen LogP contribution in [0.25, 0.3) is 0 Å². The lowest BCUT2D eigenvalue weighted by Gasteiger charge is -2.28. The van der Waals surface area contributed by atoms with E-state index in [0.29, 0.717) is 17.1 Å². The quantitative estimate of drug-likeness (QED) is 0.687. The molecule has 1 aliphatic heterocycles. The maximum Gasteiger partial charge on any atom is 0.265 e. The van der Waals surface area contributed by atoms with E-state index in [9.17, 15) is 9.59 Å². The van der Waals surface area contributed by atoms with Gasteiger partial charge in [-0.15, -0.1) is 0 Å². The molecule has 0 atom stereocenters. The number of para-hydroxylation sites is 2. The summed E-state index contributed by atoms with van der Waals surface area (Å²) in [6.07, 6.45) is 0. The molecular formula is C19H19N3O3. The Hall–Kier alpha value is -3.15. The molecule has 128 valence electrons. The number of anilines is 1. The molecule has 25 heavy (non-hydrogen) atoms. The minimum absolute atomic E-state index is 0.0735. The maximum atomic E-state index is 12.2. The second-order valence-electron chi connectivity index (χ2n) is 5.83. The third-order valence-corrected chi connectivity index (χ3v) is 3.93. The Balaban J connectivity index is 1.67. The highest BCUT2D eigenvalue weighted by atomic mass is 16.5. The van der Waals surface area contributed by atoms with Gasteiger partial charge in [0.05, 0.1) is 11.4 Å². The van der Waals surface area contributed by atoms with Gasteiger partial charge in [0.2, 0.25) is 0 Å². The topological polar surface area (TPSA) is 71.0 Å². The molecule has 0 saturated carbocycles. The van der Waals surface area contributed by atoms with Gasteiger partial charge in [0.15, 0.2) is 6.61 Å². The van der Waals surface area contributed by atoms with Crippen molar-refractivity contribution in [2.75, 3.05) is 18.1 Å². The number of nitrogens with zero attached hydrogens (tertiary/aromatic N) is 2. The van der Waals surface area contributed by atoms with Crippen LogP contribution in [-0.4, -0.2) is 30.7 Å². The van der Waals surface area contributed by atoms with Crippen LogP contribution in [0.3, 0.4) is 0 Å². The molecule has 0 fully saturated rings. The predicted octanol–water partition coefficient (Wildman–Crippen LogP) is 2.26. The van der Waals surface area contributed by atoms with Crippen molar-refractivity contribution in [1.82, 2.24) is 5.43 Å². The van der Waals surface area contributed by atoms with Crippen LogP contribution >= 0.6 is 0 Å². The fraction of sp³-hybridized carbons (Fsp3) is 0.211. The molecule has 3 rings (SSSR count). The number of carbonyl (C=O) groups is 2.